The molecule has 10 atom stereocenters. The highest BCUT2D eigenvalue weighted by molar-refractivity contribution is 5.77. The van der Waals surface area contributed by atoms with E-state index < -0.39 is 11.4 Å². The maximum Gasteiger partial charge on any atom is 0.310 e. The van der Waals surface area contributed by atoms with Crippen molar-refractivity contribution >= 4 is 11.9 Å². The second-order valence-electron chi connectivity index (χ2n) is 15.0. The normalized spacial score (nSPS) is 50.4. The van der Waals surface area contributed by atoms with E-state index in [2.05, 4.69) is 47.6 Å². The van der Waals surface area contributed by atoms with Gasteiger partial charge in [-0.3, -0.25) is 9.59 Å². The Morgan fingerprint density at radius 1 is 0.973 bits per heavy atom. The van der Waals surface area contributed by atoms with Crippen LogP contribution in [0.15, 0.2) is 11.6 Å². The Hall–Kier alpha value is -1.36. The van der Waals surface area contributed by atoms with E-state index >= 15 is 0 Å². The standard InChI is InChI=1S/C32H50O5/c1-19-10-15-31(27(35)36)16-17-32(18-37-21(3)33)22(26(31)20(19)2)8-9-24-29(6)13-12-25(34)28(4,5)23(29)11-14-30(24,32)7/h8,19-20,23-26,34H,9-18H2,1-7H3,(H,35,36)/t19-,20+,23+,24-,25+,26+,29+,30-,31+,32+/m1/s1. The molecule has 4 saturated carbocycles. The van der Waals surface area contributed by atoms with Crippen molar-refractivity contribution < 1.29 is 24.5 Å². The summed E-state index contributed by atoms with van der Waals surface area (Å²) in [6.45, 7) is 15.9. The minimum absolute atomic E-state index is 0.00835. The largest absolute Gasteiger partial charge is 0.481 e. The van der Waals surface area contributed by atoms with Crippen LogP contribution in [0.2, 0.25) is 0 Å². The van der Waals surface area contributed by atoms with Crippen molar-refractivity contribution in [1.29, 1.82) is 0 Å². The fraction of sp³-hybridized carbons (Fsp3) is 0.875. The summed E-state index contributed by atoms with van der Waals surface area (Å²) in [5.74, 6) is 0.721. The molecule has 0 bridgehead atoms. The van der Waals surface area contributed by atoms with Crippen molar-refractivity contribution in [2.24, 2.45) is 56.7 Å². The number of ether oxygens (including phenoxy) is 1. The van der Waals surface area contributed by atoms with Crippen LogP contribution in [0.5, 0.6) is 0 Å². The monoisotopic (exact) mass is 514 g/mol. The Morgan fingerprint density at radius 2 is 1.68 bits per heavy atom. The van der Waals surface area contributed by atoms with Gasteiger partial charge in [0, 0.05) is 12.3 Å². The highest BCUT2D eigenvalue weighted by Crippen LogP contribution is 2.75. The number of carbonyl (C=O) groups excluding carboxylic acids is 1. The van der Waals surface area contributed by atoms with Gasteiger partial charge in [0.2, 0.25) is 0 Å². The van der Waals surface area contributed by atoms with Crippen molar-refractivity contribution in [3.05, 3.63) is 11.6 Å². The summed E-state index contributed by atoms with van der Waals surface area (Å²) in [4.78, 5) is 25.2. The van der Waals surface area contributed by atoms with Crippen LogP contribution in [0.25, 0.3) is 0 Å². The Morgan fingerprint density at radius 3 is 2.32 bits per heavy atom. The molecule has 0 radical (unpaired) electrons. The van der Waals surface area contributed by atoms with Crippen LogP contribution in [-0.4, -0.2) is 34.9 Å². The molecule has 0 spiro atoms. The van der Waals surface area contributed by atoms with Gasteiger partial charge in [-0.1, -0.05) is 53.2 Å². The van der Waals surface area contributed by atoms with Crippen LogP contribution < -0.4 is 0 Å². The first-order chi connectivity index (χ1) is 17.2. The molecule has 0 aromatic rings. The number of carbonyl (C=O) groups is 2. The van der Waals surface area contributed by atoms with Crippen LogP contribution in [-0.2, 0) is 14.3 Å². The molecule has 0 aromatic heterocycles. The molecule has 5 heteroatoms. The zero-order chi connectivity index (χ0) is 27.2. The molecule has 0 amide bonds. The van der Waals surface area contributed by atoms with E-state index in [1.54, 1.807) is 0 Å². The molecule has 5 aliphatic rings. The van der Waals surface area contributed by atoms with Crippen molar-refractivity contribution in [3.8, 4) is 0 Å². The van der Waals surface area contributed by atoms with Gasteiger partial charge in [-0.25, -0.2) is 0 Å². The van der Waals surface area contributed by atoms with Crippen LogP contribution in [0.3, 0.4) is 0 Å². The van der Waals surface area contributed by atoms with Crippen LogP contribution in [0.1, 0.15) is 106 Å². The third-order valence-electron chi connectivity index (χ3n) is 13.6. The van der Waals surface area contributed by atoms with Gasteiger partial charge in [-0.05, 0) is 104 Å². The zero-order valence-electron chi connectivity index (χ0n) is 24.2. The summed E-state index contributed by atoms with van der Waals surface area (Å²) < 4.78 is 5.95. The number of hydrogen-bond acceptors (Lipinski definition) is 4. The fourth-order valence-corrected chi connectivity index (χ4v) is 11.2. The summed E-state index contributed by atoms with van der Waals surface area (Å²) in [5, 5.41) is 21.6. The topological polar surface area (TPSA) is 83.8 Å². The third-order valence-corrected chi connectivity index (χ3v) is 13.6. The molecule has 2 N–H and O–H groups in total. The summed E-state index contributed by atoms with van der Waals surface area (Å²) in [6.07, 6.45) is 10.2. The summed E-state index contributed by atoms with van der Waals surface area (Å²) in [5.41, 5.74) is 0.149. The molecule has 37 heavy (non-hydrogen) atoms. The predicted octanol–water partition coefficient (Wildman–Crippen LogP) is 6.63. The SMILES string of the molecule is CC(=O)OC[C@@]12CC[C@@]3(C(=O)O)CC[C@@H](C)[C@H](C)[C@H]3C1=CC[C@@H]1[C@@]3(C)CC[C@H](O)C(C)(C)[C@@H]3CC[C@]12C. The number of carboxylic acids is 1. The quantitative estimate of drug-likeness (QED) is 0.326. The Kier molecular flexibility index (Phi) is 6.30. The average Bonchev–Trinajstić information content (AvgIpc) is 2.82. The first-order valence-corrected chi connectivity index (χ1v) is 14.9. The lowest BCUT2D eigenvalue weighted by Crippen LogP contribution is -2.67. The van der Waals surface area contributed by atoms with Crippen molar-refractivity contribution in [1.82, 2.24) is 0 Å². The number of rotatable bonds is 3. The molecular weight excluding hydrogens is 464 g/mol. The number of allylic oxidation sites excluding steroid dienone is 1. The van der Waals surface area contributed by atoms with Crippen LogP contribution in [0, 0.1) is 56.7 Å². The van der Waals surface area contributed by atoms with Crippen LogP contribution >= 0.6 is 0 Å². The number of aliphatic carboxylic acids is 1. The first kappa shape index (κ1) is 27.2. The molecule has 208 valence electrons. The van der Waals surface area contributed by atoms with E-state index in [9.17, 15) is 19.8 Å². The molecular formula is C32H50O5. The summed E-state index contributed by atoms with van der Waals surface area (Å²) in [7, 11) is 0. The first-order valence-electron chi connectivity index (χ1n) is 14.9. The number of aliphatic hydroxyl groups is 1. The summed E-state index contributed by atoms with van der Waals surface area (Å²) >= 11 is 0. The molecule has 5 nitrogen and oxygen atoms in total. The molecule has 5 aliphatic carbocycles. The lowest BCUT2D eigenvalue weighted by atomic mass is 9.33. The molecule has 0 aromatic carbocycles. The fourth-order valence-electron chi connectivity index (χ4n) is 11.2. The van der Waals surface area contributed by atoms with E-state index in [-0.39, 0.29) is 45.6 Å². The van der Waals surface area contributed by atoms with Gasteiger partial charge in [-0.15, -0.1) is 0 Å². The average molecular weight is 515 g/mol. The molecule has 4 fully saturated rings. The Bertz CT molecular complexity index is 999. The lowest BCUT2D eigenvalue weighted by molar-refractivity contribution is -0.218. The van der Waals surface area contributed by atoms with E-state index in [4.69, 9.17) is 4.74 Å². The number of aliphatic hydroxyl groups excluding tert-OH is 1. The maximum atomic E-state index is 13.0. The third kappa shape index (κ3) is 3.44. The smallest absolute Gasteiger partial charge is 0.310 e. The van der Waals surface area contributed by atoms with Crippen LogP contribution in [0.4, 0.5) is 0 Å². The number of carboxylic acid groups (broad SMARTS) is 1. The zero-order valence-corrected chi connectivity index (χ0v) is 24.2. The van der Waals surface area contributed by atoms with Gasteiger partial charge in [-0.2, -0.15) is 0 Å². The van der Waals surface area contributed by atoms with Gasteiger partial charge in [0.25, 0.3) is 0 Å². The summed E-state index contributed by atoms with van der Waals surface area (Å²) in [6, 6.07) is 0. The van der Waals surface area contributed by atoms with Gasteiger partial charge < -0.3 is 14.9 Å². The van der Waals surface area contributed by atoms with E-state index in [0.29, 0.717) is 30.8 Å². The van der Waals surface area contributed by atoms with Gasteiger partial charge in [0.05, 0.1) is 11.5 Å². The Labute approximate surface area is 223 Å². The second kappa shape index (κ2) is 8.57. The van der Waals surface area contributed by atoms with Gasteiger partial charge in [0.15, 0.2) is 0 Å². The number of fused-ring (bicyclic) bond motifs is 7. The van der Waals surface area contributed by atoms with Gasteiger partial charge in [0.1, 0.15) is 6.61 Å². The molecule has 0 unspecified atom stereocenters. The van der Waals surface area contributed by atoms with E-state index in [1.165, 1.54) is 12.5 Å². The molecule has 0 heterocycles. The molecule has 0 aliphatic heterocycles. The number of hydrogen-bond donors (Lipinski definition) is 2. The Balaban J connectivity index is 1.67. The lowest BCUT2D eigenvalue weighted by Gasteiger charge is -2.71. The number of esters is 1. The molecule has 5 rings (SSSR count). The van der Waals surface area contributed by atoms with Crippen molar-refractivity contribution in [2.75, 3.05) is 6.61 Å². The minimum Gasteiger partial charge on any atom is -0.481 e. The van der Waals surface area contributed by atoms with Gasteiger partial charge >= 0.3 is 11.9 Å². The van der Waals surface area contributed by atoms with E-state index in [0.717, 1.165) is 51.4 Å². The molecule has 0 saturated heterocycles. The second-order valence-corrected chi connectivity index (χ2v) is 15.0. The highest BCUT2D eigenvalue weighted by Gasteiger charge is 2.71. The highest BCUT2D eigenvalue weighted by atomic mass is 16.5. The minimum atomic E-state index is -0.710. The predicted molar refractivity (Wildman–Crippen MR) is 144 cm³/mol. The van der Waals surface area contributed by atoms with Crippen molar-refractivity contribution in [2.45, 2.75) is 112 Å². The van der Waals surface area contributed by atoms with Crippen molar-refractivity contribution in [3.63, 3.8) is 0 Å². The van der Waals surface area contributed by atoms with E-state index in [1.807, 2.05) is 0 Å². The maximum absolute atomic E-state index is 13.0.